The Hall–Kier alpha value is -13.5. The lowest BCUT2D eigenvalue weighted by Gasteiger charge is -2.03. The Morgan fingerprint density at radius 2 is 0.981 bits per heavy atom. The summed E-state index contributed by atoms with van der Waals surface area (Å²) in [6.07, 6.45) is 19.3. The van der Waals surface area contributed by atoms with E-state index in [4.69, 9.17) is 13.5 Å². The number of rotatable bonds is 2. The van der Waals surface area contributed by atoms with Gasteiger partial charge in [0.05, 0.1) is 52.4 Å². The molecule has 0 atom stereocenters. The average molecular weight is 1360 g/mol. The van der Waals surface area contributed by atoms with Crippen LogP contribution in [-0.4, -0.2) is 65.9 Å². The Balaban J connectivity index is 0.0000000854. The van der Waals surface area contributed by atoms with Gasteiger partial charge in [0.25, 0.3) is 28.7 Å². The Kier molecular flexibility index (Phi) is 12.3. The van der Waals surface area contributed by atoms with Gasteiger partial charge >= 0.3 is 5.71 Å². The molecule has 6 aromatic carbocycles. The van der Waals surface area contributed by atoms with E-state index in [0.717, 1.165) is 98.5 Å². The molecule has 0 unspecified atom stereocenters. The largest absolute Gasteiger partial charge is 0.396 e. The Morgan fingerprint density at radius 3 is 1.64 bits per heavy atom. The van der Waals surface area contributed by atoms with Crippen LogP contribution < -0.4 is 17.9 Å². The summed E-state index contributed by atoms with van der Waals surface area (Å²) in [7, 11) is 2.11. The summed E-state index contributed by atoms with van der Waals surface area (Å²) >= 11 is 1.75. The summed E-state index contributed by atoms with van der Waals surface area (Å²) in [5.74, 6) is 3.41. The molecular formula is C83H62N18OS+4. The van der Waals surface area contributed by atoms with Gasteiger partial charge in [0.1, 0.15) is 30.8 Å². The summed E-state index contributed by atoms with van der Waals surface area (Å²) in [6, 6.07) is 72.4. The topological polar surface area (TPSA) is 144 Å². The molecule has 21 aromatic rings. The lowest BCUT2D eigenvalue weighted by molar-refractivity contribution is -0.670. The molecule has 15 aromatic heterocycles. The van der Waals surface area contributed by atoms with E-state index < -0.39 is 6.98 Å². The molecule has 19 nitrogen and oxygen atoms in total. The van der Waals surface area contributed by atoms with Gasteiger partial charge in [0, 0.05) is 66.1 Å². The number of para-hydroxylation sites is 1. The first-order valence-corrected chi connectivity index (χ1v) is 35.0. The van der Waals surface area contributed by atoms with Crippen molar-refractivity contribution < 1.29 is 26.5 Å². The maximum atomic E-state index is 7.99. The Morgan fingerprint density at radius 1 is 0.456 bits per heavy atom. The number of aromatic nitrogens is 18. The van der Waals surface area contributed by atoms with Gasteiger partial charge in [-0.1, -0.05) is 139 Å². The molecule has 0 spiro atoms. The molecule has 0 fully saturated rings. The van der Waals surface area contributed by atoms with Crippen LogP contribution in [0.2, 0.25) is 0 Å². The van der Waals surface area contributed by atoms with Gasteiger partial charge in [-0.3, -0.25) is 27.2 Å². The third-order valence-electron chi connectivity index (χ3n) is 20.4. The molecule has 0 aliphatic carbocycles. The van der Waals surface area contributed by atoms with E-state index >= 15 is 0 Å². The molecule has 0 N–H and O–H groups in total. The summed E-state index contributed by atoms with van der Waals surface area (Å²) in [4.78, 5) is 29.4. The summed E-state index contributed by atoms with van der Waals surface area (Å²) < 4.78 is 55.3. The SMILES string of the molecule is Cc1ccccc1-c1ncc2n(-c3ccccc3)c3ncccc3n12.Cn1c2cccnc2[n+]2cn3c(c12)-c1ccccc1C3.[2H]C([2H])([2H])n1c2cccnc2[n+]2cn3c(c12)-c1ccccc1C3.c1ccc2c(c1)C[n+]1cc3oc4ncccc4n3c1-2.c1ccc2c(c1)C[n+]1cc3sc4ncccc4n3c1-2. The van der Waals surface area contributed by atoms with Crippen LogP contribution in [0.15, 0.2) is 279 Å². The number of fused-ring (bicyclic) bond motifs is 31. The molecule has 0 amide bonds. The van der Waals surface area contributed by atoms with Gasteiger partial charge in [-0.25, -0.2) is 29.1 Å². The summed E-state index contributed by atoms with van der Waals surface area (Å²) in [5.41, 5.74) is 28.1. The molecule has 0 bridgehead atoms. The number of hydrogen-bond acceptors (Lipinski definition) is 8. The van der Waals surface area contributed by atoms with Crippen molar-refractivity contribution in [3.63, 3.8) is 0 Å². The fourth-order valence-corrected chi connectivity index (χ4v) is 17.0. The minimum absolute atomic E-state index is 0.621. The van der Waals surface area contributed by atoms with E-state index in [9.17, 15) is 0 Å². The highest BCUT2D eigenvalue weighted by atomic mass is 32.1. The highest BCUT2D eigenvalue weighted by Crippen LogP contribution is 2.39. The highest BCUT2D eigenvalue weighted by molar-refractivity contribution is 7.23. The standard InChI is InChI=1S/C21H16N4.2C16H13N4.C15H10N3O.C15H10N3S/c1-15-8-5-6-11-17(15)20-23-14-19-24(16-9-3-2-4-10-16)21-18(25(19)20)12-7-13-22-21;2*1-18-13-7-4-8-17-15(13)20-10-19-9-11-5-2-3-6-12(11)14(19)16(18)20;2*1-2-5-11-10(4-1)8-17-9-13-18(15(11)17)12-6-3-7-16-14(12)19-13/h2-14H,1H3;2*2-8,10H,9H2,1H3;2*1-7,9H,8H2/q;4*+1/i;1D3;;;. The molecule has 25 rings (SSSR count). The second-order valence-electron chi connectivity index (χ2n) is 26.3. The zero-order valence-corrected chi connectivity index (χ0v) is 56.5. The third kappa shape index (κ3) is 8.86. The lowest BCUT2D eigenvalue weighted by atomic mass is 10.1. The predicted molar refractivity (Wildman–Crippen MR) is 398 cm³/mol. The maximum Gasteiger partial charge on any atom is 0.337 e. The predicted octanol–water partition coefficient (Wildman–Crippen LogP) is 14.2. The Labute approximate surface area is 594 Å². The van der Waals surface area contributed by atoms with Crippen molar-refractivity contribution >= 4 is 93.9 Å². The molecular weight excluding hydrogens is 1300 g/mol. The molecule has 103 heavy (non-hydrogen) atoms. The molecule has 0 saturated heterocycles. The van der Waals surface area contributed by atoms with E-state index in [0.29, 0.717) is 22.5 Å². The van der Waals surface area contributed by atoms with Gasteiger partial charge in [-0.2, -0.15) is 17.6 Å². The van der Waals surface area contributed by atoms with Crippen LogP contribution in [0.1, 0.15) is 31.9 Å². The molecule has 20 heteroatoms. The van der Waals surface area contributed by atoms with Crippen LogP contribution in [0.3, 0.4) is 0 Å². The van der Waals surface area contributed by atoms with Crippen LogP contribution >= 0.6 is 11.3 Å². The van der Waals surface area contributed by atoms with E-state index in [1.807, 2.05) is 102 Å². The van der Waals surface area contributed by atoms with Crippen LogP contribution in [0.25, 0.3) is 145 Å². The zero-order chi connectivity index (χ0) is 70.6. The van der Waals surface area contributed by atoms with Crippen molar-refractivity contribution in [2.24, 2.45) is 14.0 Å². The average Bonchev–Trinajstić information content (AvgIpc) is 1.56. The summed E-state index contributed by atoms with van der Waals surface area (Å²) in [5, 5.41) is 0. The highest BCUT2D eigenvalue weighted by Gasteiger charge is 2.36. The molecule has 4 aliphatic heterocycles. The number of aryl methyl sites for hydroxylation is 3. The first kappa shape index (κ1) is 55.4. The molecule has 0 saturated carbocycles. The van der Waals surface area contributed by atoms with Crippen LogP contribution in [-0.2, 0) is 40.2 Å². The van der Waals surface area contributed by atoms with Gasteiger partial charge < -0.3 is 4.42 Å². The number of imidazole rings is 8. The normalized spacial score (nSPS) is 13.2. The fraction of sp³-hybridized carbons (Fsp3) is 0.0843. The van der Waals surface area contributed by atoms with E-state index in [1.165, 1.54) is 82.4 Å². The fourth-order valence-electron chi connectivity index (χ4n) is 16.0. The third-order valence-corrected chi connectivity index (χ3v) is 21.4. The van der Waals surface area contributed by atoms with Crippen LogP contribution in [0, 0.1) is 6.92 Å². The minimum atomic E-state index is -2.27. The van der Waals surface area contributed by atoms with E-state index in [-0.39, 0.29) is 0 Å². The van der Waals surface area contributed by atoms with Crippen molar-refractivity contribution in [3.05, 3.63) is 302 Å². The number of pyridine rings is 5. The Bertz CT molecular complexity index is 7000. The van der Waals surface area contributed by atoms with Gasteiger partial charge in [-0.05, 0) is 109 Å². The van der Waals surface area contributed by atoms with Gasteiger partial charge in [-0.15, -0.1) is 9.97 Å². The van der Waals surface area contributed by atoms with Crippen molar-refractivity contribution in [3.8, 4) is 62.4 Å². The first-order valence-electron chi connectivity index (χ1n) is 35.7. The second-order valence-corrected chi connectivity index (χ2v) is 27.3. The number of oxazole rings is 1. The van der Waals surface area contributed by atoms with Gasteiger partial charge in [0.2, 0.25) is 16.1 Å². The lowest BCUT2D eigenvalue weighted by Crippen LogP contribution is -2.29. The maximum absolute atomic E-state index is 7.99. The van der Waals surface area contributed by atoms with Gasteiger partial charge in [0.15, 0.2) is 62.8 Å². The van der Waals surface area contributed by atoms with Crippen LogP contribution in [0.5, 0.6) is 0 Å². The molecule has 492 valence electrons. The van der Waals surface area contributed by atoms with E-state index in [1.54, 1.807) is 35.9 Å². The monoisotopic (exact) mass is 1360 g/mol. The molecule has 4 aliphatic rings. The van der Waals surface area contributed by atoms with E-state index in [2.05, 4.69) is 236 Å². The minimum Gasteiger partial charge on any atom is -0.396 e. The molecule has 0 radical (unpaired) electrons. The summed E-state index contributed by atoms with van der Waals surface area (Å²) in [6.45, 7) is 3.43. The van der Waals surface area contributed by atoms with Crippen LogP contribution in [0.4, 0.5) is 0 Å². The number of hydrogen-bond donors (Lipinski definition) is 0. The smallest absolute Gasteiger partial charge is 0.337 e. The van der Waals surface area contributed by atoms with Crippen molar-refractivity contribution in [1.82, 2.24) is 65.9 Å². The van der Waals surface area contributed by atoms with Crippen molar-refractivity contribution in [1.29, 1.82) is 0 Å². The number of thiazole rings is 1. The first-order chi connectivity index (χ1) is 52.1. The van der Waals surface area contributed by atoms with Crippen molar-refractivity contribution in [2.45, 2.75) is 33.1 Å². The number of benzene rings is 6. The second kappa shape index (κ2) is 22.8. The van der Waals surface area contributed by atoms with Crippen molar-refractivity contribution in [2.75, 3.05) is 0 Å². The molecule has 19 heterocycles. The zero-order valence-electron chi connectivity index (χ0n) is 58.7. The quantitative estimate of drug-likeness (QED) is 0.157. The number of nitrogens with zero attached hydrogens (tertiary/aromatic N) is 18.